The first-order valence-electron chi connectivity index (χ1n) is 5.04. The highest BCUT2D eigenvalue weighted by Gasteiger charge is 1.97. The van der Waals surface area contributed by atoms with Gasteiger partial charge in [-0.2, -0.15) is 5.10 Å². The van der Waals surface area contributed by atoms with Crippen LogP contribution in [0, 0.1) is 12.3 Å². The Morgan fingerprint density at radius 3 is 3.17 bits per heavy atom. The summed E-state index contributed by atoms with van der Waals surface area (Å²) in [5.41, 5.74) is 6.29. The van der Waals surface area contributed by atoms with Gasteiger partial charge >= 0.3 is 0 Å². The Morgan fingerprint density at radius 2 is 2.44 bits per heavy atom. The van der Waals surface area contributed by atoms with Crippen LogP contribution in [-0.4, -0.2) is 33.1 Å². The van der Waals surface area contributed by atoms with Gasteiger partial charge in [0, 0.05) is 0 Å². The second-order valence-electron chi connectivity index (χ2n) is 3.24. The Balaban J connectivity index is 2.12. The van der Waals surface area contributed by atoms with Gasteiger partial charge in [-0.3, -0.25) is 0 Å². The van der Waals surface area contributed by atoms with Crippen LogP contribution in [0.1, 0.15) is 5.56 Å². The van der Waals surface area contributed by atoms with Gasteiger partial charge in [-0.25, -0.2) is 0 Å². The Bertz CT molecular complexity index is 598. The van der Waals surface area contributed by atoms with E-state index in [-0.39, 0.29) is 12.6 Å². The molecule has 0 fully saturated rings. The number of hydrogen-bond donors (Lipinski definition) is 1. The normalized spacial score (nSPS) is 10.4. The smallest absolute Gasteiger partial charge is 0.263 e. The molecule has 1 aromatic carbocycles. The van der Waals surface area contributed by atoms with Crippen molar-refractivity contribution >= 4 is 12.2 Å². The van der Waals surface area contributed by atoms with Crippen LogP contribution in [0.3, 0.4) is 0 Å². The molecule has 0 aliphatic rings. The van der Waals surface area contributed by atoms with Crippen molar-refractivity contribution in [3.63, 3.8) is 0 Å². The highest BCUT2D eigenvalue weighted by atomic mass is 16.5. The molecule has 0 radical (unpaired) electrons. The Kier molecular flexibility index (Phi) is 3.51. The number of nitrogen functional groups attached to an aromatic ring is 1. The SMILES string of the molecule is C#CCOc1cccc(C=Nn2nnnc2N)c1. The summed E-state index contributed by atoms with van der Waals surface area (Å²) in [6.07, 6.45) is 6.68. The molecule has 0 atom stereocenters. The van der Waals surface area contributed by atoms with E-state index in [9.17, 15) is 0 Å². The van der Waals surface area contributed by atoms with Gasteiger partial charge < -0.3 is 10.5 Å². The van der Waals surface area contributed by atoms with E-state index in [1.54, 1.807) is 18.3 Å². The lowest BCUT2D eigenvalue weighted by Gasteiger charge is -2.02. The van der Waals surface area contributed by atoms with E-state index >= 15 is 0 Å². The number of aromatic nitrogens is 4. The third-order valence-electron chi connectivity index (χ3n) is 1.97. The van der Waals surface area contributed by atoms with Crippen LogP contribution in [0.25, 0.3) is 0 Å². The molecule has 2 aromatic rings. The lowest BCUT2D eigenvalue weighted by Crippen LogP contribution is -2.00. The van der Waals surface area contributed by atoms with Crippen LogP contribution in [0.15, 0.2) is 29.4 Å². The average molecular weight is 242 g/mol. The zero-order valence-electron chi connectivity index (χ0n) is 9.39. The zero-order chi connectivity index (χ0) is 12.8. The van der Waals surface area contributed by atoms with Crippen molar-refractivity contribution in [2.45, 2.75) is 0 Å². The van der Waals surface area contributed by atoms with Crippen LogP contribution < -0.4 is 10.5 Å². The molecule has 0 saturated heterocycles. The topological polar surface area (TPSA) is 91.2 Å². The van der Waals surface area contributed by atoms with Gasteiger partial charge in [0.15, 0.2) is 0 Å². The molecule has 1 heterocycles. The van der Waals surface area contributed by atoms with Crippen LogP contribution in [0.2, 0.25) is 0 Å². The van der Waals surface area contributed by atoms with Crippen molar-refractivity contribution in [3.8, 4) is 18.1 Å². The van der Waals surface area contributed by atoms with Gasteiger partial charge in [-0.05, 0) is 28.1 Å². The summed E-state index contributed by atoms with van der Waals surface area (Å²) < 4.78 is 5.29. The number of terminal acetylenes is 1. The lowest BCUT2D eigenvalue weighted by atomic mass is 10.2. The molecule has 2 rings (SSSR count). The van der Waals surface area contributed by atoms with E-state index in [2.05, 4.69) is 26.5 Å². The second kappa shape index (κ2) is 5.45. The van der Waals surface area contributed by atoms with Crippen LogP contribution >= 0.6 is 0 Å². The molecule has 1 aromatic heterocycles. The van der Waals surface area contributed by atoms with E-state index in [0.29, 0.717) is 5.75 Å². The first kappa shape index (κ1) is 11.6. The van der Waals surface area contributed by atoms with Gasteiger partial charge in [-0.1, -0.05) is 27.9 Å². The second-order valence-corrected chi connectivity index (χ2v) is 3.24. The van der Waals surface area contributed by atoms with E-state index in [0.717, 1.165) is 10.4 Å². The summed E-state index contributed by atoms with van der Waals surface area (Å²) in [5.74, 6) is 3.18. The van der Waals surface area contributed by atoms with Crippen molar-refractivity contribution in [1.82, 2.24) is 20.3 Å². The van der Waals surface area contributed by atoms with Crippen molar-refractivity contribution < 1.29 is 4.74 Å². The maximum atomic E-state index is 5.47. The summed E-state index contributed by atoms with van der Waals surface area (Å²) in [6, 6.07) is 7.28. The predicted molar refractivity (Wildman–Crippen MR) is 66.0 cm³/mol. The highest BCUT2D eigenvalue weighted by Crippen LogP contribution is 2.11. The van der Waals surface area contributed by atoms with E-state index in [1.165, 1.54) is 0 Å². The Morgan fingerprint density at radius 1 is 1.56 bits per heavy atom. The molecule has 0 saturated carbocycles. The first-order valence-corrected chi connectivity index (χ1v) is 5.04. The summed E-state index contributed by atoms with van der Waals surface area (Å²) in [5, 5.41) is 14.4. The van der Waals surface area contributed by atoms with Crippen LogP contribution in [-0.2, 0) is 0 Å². The first-order chi connectivity index (χ1) is 8.79. The number of benzene rings is 1. The maximum absolute atomic E-state index is 5.47. The molecule has 0 amide bonds. The third kappa shape index (κ3) is 2.82. The van der Waals surface area contributed by atoms with E-state index < -0.39 is 0 Å². The van der Waals surface area contributed by atoms with Crippen LogP contribution in [0.5, 0.6) is 5.75 Å². The third-order valence-corrected chi connectivity index (χ3v) is 1.97. The lowest BCUT2D eigenvalue weighted by molar-refractivity contribution is 0.370. The predicted octanol–water partition coefficient (Wildman–Crippen LogP) is 0.149. The number of hydrogen-bond acceptors (Lipinski definition) is 6. The quantitative estimate of drug-likeness (QED) is 0.608. The number of nitrogens with two attached hydrogens (primary N) is 1. The zero-order valence-corrected chi connectivity index (χ0v) is 9.39. The van der Waals surface area contributed by atoms with Gasteiger partial charge in [0.05, 0.1) is 6.21 Å². The molecule has 7 heteroatoms. The molecular formula is C11H10N6O. The Hall–Kier alpha value is -2.88. The number of tetrazole rings is 1. The van der Waals surface area contributed by atoms with E-state index in [4.69, 9.17) is 16.9 Å². The van der Waals surface area contributed by atoms with E-state index in [1.807, 2.05) is 12.1 Å². The van der Waals surface area contributed by atoms with Gasteiger partial charge in [0.2, 0.25) is 0 Å². The van der Waals surface area contributed by atoms with Crippen molar-refractivity contribution in [1.29, 1.82) is 0 Å². The number of ether oxygens (including phenoxy) is 1. The number of anilines is 1. The molecule has 90 valence electrons. The van der Waals surface area contributed by atoms with Gasteiger partial charge in [-0.15, -0.1) is 6.42 Å². The van der Waals surface area contributed by atoms with Gasteiger partial charge in [0.25, 0.3) is 5.95 Å². The fourth-order valence-electron chi connectivity index (χ4n) is 1.20. The molecule has 0 aliphatic carbocycles. The summed E-state index contributed by atoms with van der Waals surface area (Å²) in [4.78, 5) is 1.12. The average Bonchev–Trinajstić information content (AvgIpc) is 2.80. The fourth-order valence-corrected chi connectivity index (χ4v) is 1.20. The maximum Gasteiger partial charge on any atom is 0.263 e. The standard InChI is InChI=1S/C11H10N6O/c1-2-6-18-10-5-3-4-9(7-10)8-13-17-11(12)14-15-16-17/h1,3-5,7-8H,6H2,(H2,12,14,16). The molecule has 0 spiro atoms. The molecule has 18 heavy (non-hydrogen) atoms. The number of rotatable bonds is 4. The van der Waals surface area contributed by atoms with Crippen molar-refractivity contribution in [2.24, 2.45) is 5.10 Å². The highest BCUT2D eigenvalue weighted by molar-refractivity contribution is 5.80. The van der Waals surface area contributed by atoms with Crippen LogP contribution in [0.4, 0.5) is 5.95 Å². The summed E-state index contributed by atoms with van der Waals surface area (Å²) in [7, 11) is 0. The molecular weight excluding hydrogens is 232 g/mol. The summed E-state index contributed by atoms with van der Waals surface area (Å²) in [6.45, 7) is 0.223. The minimum Gasteiger partial charge on any atom is -0.481 e. The molecule has 0 bridgehead atoms. The molecule has 0 unspecified atom stereocenters. The fraction of sp³-hybridized carbons (Fsp3) is 0.0909. The molecule has 7 nitrogen and oxygen atoms in total. The molecule has 2 N–H and O–H groups in total. The van der Waals surface area contributed by atoms with Crippen molar-refractivity contribution in [3.05, 3.63) is 29.8 Å². The molecule has 0 aliphatic heterocycles. The van der Waals surface area contributed by atoms with Gasteiger partial charge in [0.1, 0.15) is 12.4 Å². The summed E-state index contributed by atoms with van der Waals surface area (Å²) >= 11 is 0. The monoisotopic (exact) mass is 242 g/mol. The van der Waals surface area contributed by atoms with Crippen molar-refractivity contribution in [2.75, 3.05) is 12.3 Å². The minimum absolute atomic E-state index is 0.117. The minimum atomic E-state index is 0.117. The Labute approximate surface area is 103 Å². The number of nitrogens with zero attached hydrogens (tertiary/aromatic N) is 5. The largest absolute Gasteiger partial charge is 0.481 e.